The SMILES string of the molecule is O=C(CCNC(=O)C1(NC(=O)c2cc3ccc(Br)cc3s2)CCCC1)NCC1CCN(CC2CCOCC2)C(c2ccccc2)C1. The maximum Gasteiger partial charge on any atom is 0.262 e. The van der Waals surface area contributed by atoms with E-state index in [0.717, 1.165) is 79.4 Å². The van der Waals surface area contributed by atoms with Crippen LogP contribution >= 0.6 is 27.3 Å². The van der Waals surface area contributed by atoms with E-state index in [-0.39, 0.29) is 30.7 Å². The van der Waals surface area contributed by atoms with Crippen molar-refractivity contribution in [2.24, 2.45) is 11.8 Å². The fraction of sp³-hybridized carbons (Fsp3) is 0.528. The Morgan fingerprint density at radius 3 is 2.52 bits per heavy atom. The number of hydrogen-bond donors (Lipinski definition) is 3. The smallest absolute Gasteiger partial charge is 0.262 e. The van der Waals surface area contributed by atoms with Crippen LogP contribution in [-0.4, -0.2) is 67.6 Å². The van der Waals surface area contributed by atoms with Gasteiger partial charge in [-0.2, -0.15) is 0 Å². The predicted molar refractivity (Wildman–Crippen MR) is 186 cm³/mol. The molecule has 3 N–H and O–H groups in total. The van der Waals surface area contributed by atoms with Gasteiger partial charge >= 0.3 is 0 Å². The molecule has 1 aliphatic carbocycles. The number of rotatable bonds is 11. The maximum atomic E-state index is 13.4. The molecule has 0 bridgehead atoms. The highest BCUT2D eigenvalue weighted by atomic mass is 79.9. The van der Waals surface area contributed by atoms with Gasteiger partial charge in [0.1, 0.15) is 5.54 Å². The Balaban J connectivity index is 0.974. The van der Waals surface area contributed by atoms with E-state index in [0.29, 0.717) is 42.1 Å². The van der Waals surface area contributed by atoms with Crippen molar-refractivity contribution in [2.45, 2.75) is 69.4 Å². The summed E-state index contributed by atoms with van der Waals surface area (Å²) in [6, 6.07) is 18.9. The summed E-state index contributed by atoms with van der Waals surface area (Å²) in [7, 11) is 0. The fourth-order valence-corrected chi connectivity index (χ4v) is 8.87. The Morgan fingerprint density at radius 2 is 1.74 bits per heavy atom. The zero-order valence-corrected chi connectivity index (χ0v) is 28.8. The monoisotopic (exact) mass is 708 g/mol. The van der Waals surface area contributed by atoms with Gasteiger partial charge in [-0.05, 0) is 86.1 Å². The second-order valence-corrected chi connectivity index (χ2v) is 15.2. The lowest BCUT2D eigenvalue weighted by Gasteiger charge is -2.42. The molecule has 3 aliphatic rings. The molecule has 246 valence electrons. The third-order valence-corrected chi connectivity index (χ3v) is 11.6. The molecule has 2 aromatic carbocycles. The molecule has 2 aliphatic heterocycles. The van der Waals surface area contributed by atoms with Crippen LogP contribution in [0.15, 0.2) is 59.1 Å². The molecular formula is C36H45BrN4O4S. The molecule has 3 aromatic rings. The van der Waals surface area contributed by atoms with Crippen LogP contribution in [-0.2, 0) is 14.3 Å². The average molecular weight is 710 g/mol. The zero-order valence-electron chi connectivity index (χ0n) is 26.4. The third-order valence-electron chi connectivity index (χ3n) is 10.0. The van der Waals surface area contributed by atoms with Gasteiger partial charge in [-0.3, -0.25) is 19.3 Å². The Morgan fingerprint density at radius 1 is 0.957 bits per heavy atom. The number of carbonyl (C=O) groups excluding carboxylic acids is 3. The topological polar surface area (TPSA) is 99.8 Å². The average Bonchev–Trinajstić information content (AvgIpc) is 3.73. The summed E-state index contributed by atoms with van der Waals surface area (Å²) in [4.78, 5) is 42.8. The van der Waals surface area contributed by atoms with Crippen molar-refractivity contribution in [1.29, 1.82) is 0 Å². The third kappa shape index (κ3) is 8.19. The quantitative estimate of drug-likeness (QED) is 0.220. The number of nitrogens with one attached hydrogen (secondary N) is 3. The first-order chi connectivity index (χ1) is 22.4. The van der Waals surface area contributed by atoms with Crippen LogP contribution in [0.3, 0.4) is 0 Å². The number of benzene rings is 2. The Kier molecular flexibility index (Phi) is 11.1. The summed E-state index contributed by atoms with van der Waals surface area (Å²) >= 11 is 4.91. The molecule has 0 radical (unpaired) electrons. The predicted octanol–water partition coefficient (Wildman–Crippen LogP) is 6.21. The second-order valence-electron chi connectivity index (χ2n) is 13.2. The first-order valence-corrected chi connectivity index (χ1v) is 18.4. The van der Waals surface area contributed by atoms with Crippen LogP contribution in [0.4, 0.5) is 0 Å². The van der Waals surface area contributed by atoms with Gasteiger partial charge in [0.25, 0.3) is 5.91 Å². The number of nitrogens with zero attached hydrogens (tertiary/aromatic N) is 1. The molecule has 2 atom stereocenters. The van der Waals surface area contributed by atoms with Gasteiger partial charge in [0, 0.05) is 54.5 Å². The minimum atomic E-state index is -0.935. The summed E-state index contributed by atoms with van der Waals surface area (Å²) in [6.07, 6.45) is 7.51. The van der Waals surface area contributed by atoms with Crippen molar-refractivity contribution in [1.82, 2.24) is 20.9 Å². The van der Waals surface area contributed by atoms with Crippen LogP contribution in [0.1, 0.15) is 79.1 Å². The van der Waals surface area contributed by atoms with E-state index >= 15 is 0 Å². The zero-order chi connectivity index (χ0) is 31.9. The Bertz CT molecular complexity index is 1500. The van der Waals surface area contributed by atoms with E-state index in [1.165, 1.54) is 16.9 Å². The number of amides is 3. The van der Waals surface area contributed by atoms with Crippen LogP contribution in [0.2, 0.25) is 0 Å². The van der Waals surface area contributed by atoms with Gasteiger partial charge < -0.3 is 20.7 Å². The molecule has 10 heteroatoms. The van der Waals surface area contributed by atoms with Gasteiger partial charge in [-0.15, -0.1) is 11.3 Å². The molecule has 3 fully saturated rings. The van der Waals surface area contributed by atoms with Crippen LogP contribution in [0, 0.1) is 11.8 Å². The number of piperidine rings is 1. The Labute approximate surface area is 284 Å². The number of ether oxygens (including phenoxy) is 1. The summed E-state index contributed by atoms with van der Waals surface area (Å²) in [6.45, 7) is 4.75. The first kappa shape index (κ1) is 33.1. The number of carbonyl (C=O) groups is 3. The maximum absolute atomic E-state index is 13.4. The number of fused-ring (bicyclic) bond motifs is 1. The summed E-state index contributed by atoms with van der Waals surface area (Å²) < 4.78 is 7.57. The molecule has 46 heavy (non-hydrogen) atoms. The molecule has 2 saturated heterocycles. The molecule has 3 amide bonds. The van der Waals surface area contributed by atoms with E-state index in [2.05, 4.69) is 67.1 Å². The Hall–Kier alpha value is -2.79. The van der Waals surface area contributed by atoms with E-state index in [9.17, 15) is 14.4 Å². The number of thiophene rings is 1. The molecule has 6 rings (SSSR count). The number of likely N-dealkylation sites (tertiary alicyclic amines) is 1. The lowest BCUT2D eigenvalue weighted by molar-refractivity contribution is -0.127. The minimum absolute atomic E-state index is 0.0536. The molecule has 2 unspecified atom stereocenters. The van der Waals surface area contributed by atoms with Crippen molar-refractivity contribution in [3.8, 4) is 0 Å². The first-order valence-electron chi connectivity index (χ1n) is 16.8. The summed E-state index contributed by atoms with van der Waals surface area (Å²) in [5.41, 5.74) is 0.414. The van der Waals surface area contributed by atoms with E-state index in [1.54, 1.807) is 0 Å². The van der Waals surface area contributed by atoms with E-state index in [4.69, 9.17) is 4.74 Å². The van der Waals surface area contributed by atoms with E-state index in [1.807, 2.05) is 24.3 Å². The number of hydrogen-bond acceptors (Lipinski definition) is 6. The minimum Gasteiger partial charge on any atom is -0.381 e. The molecule has 0 spiro atoms. The van der Waals surface area contributed by atoms with Gasteiger partial charge in [0.15, 0.2) is 0 Å². The molecule has 3 heterocycles. The largest absolute Gasteiger partial charge is 0.381 e. The molecule has 1 saturated carbocycles. The highest BCUT2D eigenvalue weighted by Gasteiger charge is 2.42. The van der Waals surface area contributed by atoms with Crippen molar-refractivity contribution < 1.29 is 19.1 Å². The summed E-state index contributed by atoms with van der Waals surface area (Å²) in [5, 5.41) is 10.2. The van der Waals surface area contributed by atoms with Crippen molar-refractivity contribution in [3.63, 3.8) is 0 Å². The fourth-order valence-electron chi connectivity index (χ4n) is 7.36. The summed E-state index contributed by atoms with van der Waals surface area (Å²) in [5.74, 6) is 0.614. The lowest BCUT2D eigenvalue weighted by atomic mass is 9.85. The second kappa shape index (κ2) is 15.4. The van der Waals surface area contributed by atoms with Crippen molar-refractivity contribution in [3.05, 3.63) is 69.5 Å². The highest BCUT2D eigenvalue weighted by molar-refractivity contribution is 9.10. The van der Waals surface area contributed by atoms with Gasteiger partial charge in [-0.25, -0.2) is 0 Å². The lowest BCUT2D eigenvalue weighted by Crippen LogP contribution is -2.57. The van der Waals surface area contributed by atoms with Crippen LogP contribution in [0.25, 0.3) is 10.1 Å². The van der Waals surface area contributed by atoms with Crippen LogP contribution < -0.4 is 16.0 Å². The van der Waals surface area contributed by atoms with Gasteiger partial charge in [-0.1, -0.05) is 65.2 Å². The van der Waals surface area contributed by atoms with Crippen molar-refractivity contribution >= 4 is 55.1 Å². The van der Waals surface area contributed by atoms with Gasteiger partial charge in [0.2, 0.25) is 11.8 Å². The highest BCUT2D eigenvalue weighted by Crippen LogP contribution is 2.36. The molecular weight excluding hydrogens is 664 g/mol. The van der Waals surface area contributed by atoms with Crippen LogP contribution in [0.5, 0.6) is 0 Å². The standard InChI is InChI=1S/C36H45BrN4O4S/c37-29-9-8-28-21-32(46-31(28)22-29)34(43)40-36(14-4-5-15-36)35(44)38-16-10-33(42)39-23-26-11-17-41(24-25-12-18-45-19-13-25)30(20-26)27-6-2-1-3-7-27/h1-3,6-9,21-22,25-26,30H,4-5,10-20,23-24H2,(H,38,44)(H,39,42)(H,40,43). The normalized spacial score (nSPS) is 22.0. The molecule has 1 aromatic heterocycles. The van der Waals surface area contributed by atoms with Crippen molar-refractivity contribution in [2.75, 3.05) is 39.4 Å². The van der Waals surface area contributed by atoms with E-state index < -0.39 is 5.54 Å². The van der Waals surface area contributed by atoms with Gasteiger partial charge in [0.05, 0.1) is 4.88 Å². The number of halogens is 1. The molecule has 8 nitrogen and oxygen atoms in total.